The molecule has 0 aliphatic carbocycles. The number of ether oxygens (including phenoxy) is 2. The summed E-state index contributed by atoms with van der Waals surface area (Å²) >= 11 is 0. The van der Waals surface area contributed by atoms with Gasteiger partial charge in [-0.1, -0.05) is 6.07 Å². The molecular formula is C20H15F5N4O4. The molecule has 33 heavy (non-hydrogen) atoms. The van der Waals surface area contributed by atoms with Gasteiger partial charge in [-0.3, -0.25) is 9.59 Å². The van der Waals surface area contributed by atoms with Crippen molar-refractivity contribution in [3.05, 3.63) is 75.8 Å². The fourth-order valence-corrected chi connectivity index (χ4v) is 2.77. The first-order chi connectivity index (χ1) is 15.6. The Bertz CT molecular complexity index is 1200. The number of H-pyrrole nitrogens is 1. The van der Waals surface area contributed by atoms with E-state index in [1.54, 1.807) is 0 Å². The zero-order valence-corrected chi connectivity index (χ0v) is 16.7. The van der Waals surface area contributed by atoms with Crippen molar-refractivity contribution >= 4 is 5.91 Å². The van der Waals surface area contributed by atoms with Gasteiger partial charge < -0.3 is 19.8 Å². The summed E-state index contributed by atoms with van der Waals surface area (Å²) in [6.07, 6.45) is -4.18. The highest BCUT2D eigenvalue weighted by atomic mass is 19.4. The third kappa shape index (κ3) is 6.32. The number of halogens is 5. The molecule has 3 rings (SSSR count). The van der Waals surface area contributed by atoms with Crippen LogP contribution in [-0.4, -0.2) is 40.9 Å². The van der Waals surface area contributed by atoms with Crippen molar-refractivity contribution in [2.75, 3.05) is 13.7 Å². The summed E-state index contributed by atoms with van der Waals surface area (Å²) in [5.74, 6) is -3.92. The Kier molecular flexibility index (Phi) is 7.01. The number of rotatable bonds is 7. The van der Waals surface area contributed by atoms with Crippen LogP contribution < -0.4 is 15.6 Å². The molecule has 3 aromatic rings. The van der Waals surface area contributed by atoms with Crippen molar-refractivity contribution in [3.63, 3.8) is 0 Å². The predicted octanol–water partition coefficient (Wildman–Crippen LogP) is 3.13. The quantitative estimate of drug-likeness (QED) is 0.514. The van der Waals surface area contributed by atoms with E-state index in [4.69, 9.17) is 4.74 Å². The van der Waals surface area contributed by atoms with E-state index in [0.29, 0.717) is 0 Å². The Hall–Kier alpha value is -3.87. The maximum Gasteiger partial charge on any atom is 0.573 e. The highest BCUT2D eigenvalue weighted by Crippen LogP contribution is 2.28. The summed E-state index contributed by atoms with van der Waals surface area (Å²) < 4.78 is 72.8. The molecule has 0 spiro atoms. The summed E-state index contributed by atoms with van der Waals surface area (Å²) in [6, 6.07) is 4.85. The van der Waals surface area contributed by atoms with Crippen LogP contribution in [0.25, 0.3) is 11.5 Å². The van der Waals surface area contributed by atoms with Crippen molar-refractivity contribution in [1.82, 2.24) is 20.3 Å². The molecule has 0 fully saturated rings. The highest BCUT2D eigenvalue weighted by Gasteiger charge is 2.32. The number of aromatic nitrogens is 3. The van der Waals surface area contributed by atoms with Gasteiger partial charge in [-0.05, 0) is 29.8 Å². The zero-order valence-electron chi connectivity index (χ0n) is 16.7. The first-order valence-electron chi connectivity index (χ1n) is 9.14. The second-order valence-electron chi connectivity index (χ2n) is 6.56. The molecule has 2 heterocycles. The van der Waals surface area contributed by atoms with Gasteiger partial charge in [0, 0.05) is 13.2 Å². The number of alkyl halides is 3. The van der Waals surface area contributed by atoms with E-state index in [1.807, 2.05) is 0 Å². The van der Waals surface area contributed by atoms with E-state index in [-0.39, 0.29) is 29.4 Å². The molecule has 0 saturated carbocycles. The number of hydrogen-bond donors (Lipinski definition) is 2. The number of aromatic amines is 1. The predicted molar refractivity (Wildman–Crippen MR) is 103 cm³/mol. The van der Waals surface area contributed by atoms with Crippen molar-refractivity contribution in [2.24, 2.45) is 0 Å². The van der Waals surface area contributed by atoms with Crippen LogP contribution in [0.2, 0.25) is 0 Å². The van der Waals surface area contributed by atoms with E-state index < -0.39 is 41.3 Å². The second-order valence-corrected chi connectivity index (χ2v) is 6.56. The van der Waals surface area contributed by atoms with Crippen molar-refractivity contribution in [3.8, 4) is 17.3 Å². The summed E-state index contributed by atoms with van der Waals surface area (Å²) in [5, 5.41) is 2.47. The van der Waals surface area contributed by atoms with Gasteiger partial charge in [-0.25, -0.2) is 18.7 Å². The lowest BCUT2D eigenvalue weighted by atomic mass is 10.1. The van der Waals surface area contributed by atoms with Crippen molar-refractivity contribution in [1.29, 1.82) is 0 Å². The second kappa shape index (κ2) is 9.73. The number of carbonyl (C=O) groups excluding carboxylic acids is 1. The third-order valence-electron chi connectivity index (χ3n) is 4.17. The van der Waals surface area contributed by atoms with Gasteiger partial charge in [0.05, 0.1) is 18.8 Å². The third-order valence-corrected chi connectivity index (χ3v) is 4.17. The minimum Gasteiger partial charge on any atom is -0.403 e. The maximum absolute atomic E-state index is 14.1. The smallest absolute Gasteiger partial charge is 0.403 e. The number of carbonyl (C=O) groups is 1. The molecule has 13 heteroatoms. The number of amides is 1. The minimum atomic E-state index is -5.08. The van der Waals surface area contributed by atoms with E-state index in [2.05, 4.69) is 25.0 Å². The Balaban J connectivity index is 1.86. The number of nitrogens with zero attached hydrogens (tertiary/aromatic N) is 2. The Morgan fingerprint density at radius 1 is 1.18 bits per heavy atom. The first-order valence-corrected chi connectivity index (χ1v) is 9.14. The molecule has 0 unspecified atom stereocenters. The van der Waals surface area contributed by atoms with Gasteiger partial charge in [0.2, 0.25) is 0 Å². The van der Waals surface area contributed by atoms with E-state index >= 15 is 0 Å². The summed E-state index contributed by atoms with van der Waals surface area (Å²) in [6.45, 7) is -0.180. The summed E-state index contributed by atoms with van der Waals surface area (Å²) in [4.78, 5) is 34.8. The van der Waals surface area contributed by atoms with E-state index in [0.717, 1.165) is 36.5 Å². The topological polar surface area (TPSA) is 106 Å². The largest absolute Gasteiger partial charge is 0.573 e. The van der Waals surface area contributed by atoms with Gasteiger partial charge in [-0.2, -0.15) is 0 Å². The lowest BCUT2D eigenvalue weighted by Crippen LogP contribution is -2.33. The molecular weight excluding hydrogens is 455 g/mol. The van der Waals surface area contributed by atoms with Crippen LogP contribution >= 0.6 is 0 Å². The first kappa shape index (κ1) is 23.8. The minimum absolute atomic E-state index is 0.0717. The van der Waals surface area contributed by atoms with Gasteiger partial charge in [0.15, 0.2) is 17.4 Å². The average Bonchev–Trinajstić information content (AvgIpc) is 2.74. The lowest BCUT2D eigenvalue weighted by Gasteiger charge is -2.19. The SMILES string of the molecule is COC[C@@H](NC(=O)c1cc(=O)[nH]c(-c2ccc(F)cn2)n1)c1ccc(OC(F)(F)F)c(F)c1. The molecule has 1 atom stereocenters. The van der Waals surface area contributed by atoms with Crippen molar-refractivity contribution in [2.45, 2.75) is 12.4 Å². The Morgan fingerprint density at radius 2 is 1.94 bits per heavy atom. The van der Waals surface area contributed by atoms with Gasteiger partial charge >= 0.3 is 6.36 Å². The van der Waals surface area contributed by atoms with Gasteiger partial charge in [0.1, 0.15) is 17.2 Å². The van der Waals surface area contributed by atoms with E-state index in [9.17, 15) is 31.5 Å². The van der Waals surface area contributed by atoms with Crippen LogP contribution in [0.1, 0.15) is 22.1 Å². The molecule has 0 bridgehead atoms. The molecule has 0 saturated heterocycles. The standard InChI is InChI=1S/C20H15F5N4O4/c1-32-9-15(10-2-5-16(12(22)6-10)33-20(23,24)25)28-19(31)14-7-17(30)29-18(27-14)13-4-3-11(21)8-26-13/h2-8,15H,9H2,1H3,(H,28,31)(H,27,29,30)/t15-/m1/s1. The van der Waals surface area contributed by atoms with Crippen LogP contribution in [0.3, 0.4) is 0 Å². The molecule has 0 aliphatic rings. The van der Waals surface area contributed by atoms with E-state index in [1.165, 1.54) is 13.2 Å². The Labute approximate surface area is 182 Å². The van der Waals surface area contributed by atoms with Crippen LogP contribution in [0.4, 0.5) is 22.0 Å². The number of hydrogen-bond acceptors (Lipinski definition) is 6. The Morgan fingerprint density at radius 3 is 2.55 bits per heavy atom. The van der Waals surface area contributed by atoms with Crippen LogP contribution in [-0.2, 0) is 4.74 Å². The maximum atomic E-state index is 14.1. The molecule has 2 aromatic heterocycles. The average molecular weight is 470 g/mol. The molecule has 2 N–H and O–H groups in total. The molecule has 8 nitrogen and oxygen atoms in total. The summed E-state index contributed by atoms with van der Waals surface area (Å²) in [5.41, 5.74) is -0.862. The fourth-order valence-electron chi connectivity index (χ4n) is 2.77. The van der Waals surface area contributed by atoms with Gasteiger partial charge in [-0.15, -0.1) is 13.2 Å². The van der Waals surface area contributed by atoms with Crippen LogP contribution in [0.15, 0.2) is 47.4 Å². The highest BCUT2D eigenvalue weighted by molar-refractivity contribution is 5.92. The van der Waals surface area contributed by atoms with Crippen LogP contribution in [0.5, 0.6) is 5.75 Å². The number of benzene rings is 1. The molecule has 1 aromatic carbocycles. The lowest BCUT2D eigenvalue weighted by molar-refractivity contribution is -0.275. The number of pyridine rings is 1. The molecule has 0 aliphatic heterocycles. The zero-order chi connectivity index (χ0) is 24.2. The fraction of sp³-hybridized carbons (Fsp3) is 0.200. The van der Waals surface area contributed by atoms with Crippen LogP contribution in [0, 0.1) is 11.6 Å². The molecule has 0 radical (unpaired) electrons. The van der Waals surface area contributed by atoms with Gasteiger partial charge in [0.25, 0.3) is 11.5 Å². The summed E-state index contributed by atoms with van der Waals surface area (Å²) in [7, 11) is 1.29. The molecule has 174 valence electrons. The van der Waals surface area contributed by atoms with Crippen molar-refractivity contribution < 1.29 is 36.2 Å². The monoisotopic (exact) mass is 470 g/mol. The number of nitrogens with one attached hydrogen (secondary N) is 2. The normalized spacial score (nSPS) is 12.3. The number of methoxy groups -OCH3 is 1. The molecule has 1 amide bonds.